The lowest BCUT2D eigenvalue weighted by molar-refractivity contribution is 0.145. The zero-order valence-corrected chi connectivity index (χ0v) is 12.8. The molecule has 0 saturated heterocycles. The second-order valence-corrected chi connectivity index (χ2v) is 5.19. The van der Waals surface area contributed by atoms with Crippen molar-refractivity contribution in [2.75, 3.05) is 26.3 Å². The lowest BCUT2D eigenvalue weighted by atomic mass is 10.1. The van der Waals surface area contributed by atoms with Gasteiger partial charge in [0, 0.05) is 26.2 Å². The fraction of sp³-hybridized carbons (Fsp3) is 0.562. The number of nitrogens with zero attached hydrogens (tertiary/aromatic N) is 1. The van der Waals surface area contributed by atoms with Crippen LogP contribution in [0.2, 0.25) is 0 Å². The molecule has 1 aromatic carbocycles. The summed E-state index contributed by atoms with van der Waals surface area (Å²) < 4.78 is 5.30. The number of benzene rings is 1. The predicted octanol–water partition coefficient (Wildman–Crippen LogP) is 2.74. The van der Waals surface area contributed by atoms with Gasteiger partial charge in [-0.05, 0) is 57.0 Å². The van der Waals surface area contributed by atoms with Crippen molar-refractivity contribution in [1.82, 2.24) is 15.3 Å². The third kappa shape index (κ3) is 4.05. The standard InChI is InChI=1S/C16H25N3O/c1-4-20-9-5-7-17-8-6-16-18-14-10-12(2)13(3)11-15(14)19-16/h10-11,17H,4-9H2,1-3H3,(H,18,19). The van der Waals surface area contributed by atoms with Gasteiger partial charge in [-0.25, -0.2) is 4.98 Å². The summed E-state index contributed by atoms with van der Waals surface area (Å²) in [7, 11) is 0. The zero-order valence-electron chi connectivity index (χ0n) is 12.8. The highest BCUT2D eigenvalue weighted by molar-refractivity contribution is 5.77. The van der Waals surface area contributed by atoms with Gasteiger partial charge in [-0.1, -0.05) is 0 Å². The van der Waals surface area contributed by atoms with Crippen molar-refractivity contribution in [3.63, 3.8) is 0 Å². The zero-order chi connectivity index (χ0) is 14.4. The highest BCUT2D eigenvalue weighted by Gasteiger charge is 2.04. The maximum absolute atomic E-state index is 5.30. The minimum absolute atomic E-state index is 0.803. The number of aryl methyl sites for hydroxylation is 2. The summed E-state index contributed by atoms with van der Waals surface area (Å²) in [6.45, 7) is 9.88. The van der Waals surface area contributed by atoms with E-state index < -0.39 is 0 Å². The van der Waals surface area contributed by atoms with E-state index in [0.29, 0.717) is 0 Å². The number of aromatic amines is 1. The minimum Gasteiger partial charge on any atom is -0.382 e. The molecule has 0 bridgehead atoms. The van der Waals surface area contributed by atoms with Crippen LogP contribution in [0, 0.1) is 13.8 Å². The van der Waals surface area contributed by atoms with Crippen molar-refractivity contribution in [2.24, 2.45) is 0 Å². The average molecular weight is 275 g/mol. The fourth-order valence-corrected chi connectivity index (χ4v) is 2.22. The lowest BCUT2D eigenvalue weighted by Gasteiger charge is -2.03. The van der Waals surface area contributed by atoms with Crippen LogP contribution in [0.1, 0.15) is 30.3 Å². The number of rotatable bonds is 8. The lowest BCUT2D eigenvalue weighted by Crippen LogP contribution is -2.20. The number of ether oxygens (including phenoxy) is 1. The highest BCUT2D eigenvalue weighted by Crippen LogP contribution is 2.17. The molecule has 1 heterocycles. The molecule has 0 spiro atoms. The van der Waals surface area contributed by atoms with Gasteiger partial charge in [0.2, 0.25) is 0 Å². The third-order valence-corrected chi connectivity index (χ3v) is 3.53. The molecule has 110 valence electrons. The molecule has 0 radical (unpaired) electrons. The van der Waals surface area contributed by atoms with E-state index in [-0.39, 0.29) is 0 Å². The van der Waals surface area contributed by atoms with Crippen LogP contribution in [-0.4, -0.2) is 36.3 Å². The fourth-order valence-electron chi connectivity index (χ4n) is 2.22. The van der Waals surface area contributed by atoms with Gasteiger partial charge in [0.15, 0.2) is 0 Å². The van der Waals surface area contributed by atoms with Gasteiger partial charge in [-0.3, -0.25) is 0 Å². The van der Waals surface area contributed by atoms with Crippen LogP contribution in [0.25, 0.3) is 11.0 Å². The van der Waals surface area contributed by atoms with Gasteiger partial charge >= 0.3 is 0 Å². The Balaban J connectivity index is 1.79. The first-order chi connectivity index (χ1) is 9.70. The van der Waals surface area contributed by atoms with Crippen LogP contribution >= 0.6 is 0 Å². The smallest absolute Gasteiger partial charge is 0.108 e. The average Bonchev–Trinajstić information content (AvgIpc) is 2.80. The Labute approximate surface area is 120 Å². The number of imidazole rings is 1. The summed E-state index contributed by atoms with van der Waals surface area (Å²) in [5, 5.41) is 3.42. The molecule has 0 aliphatic heterocycles. The van der Waals surface area contributed by atoms with Crippen molar-refractivity contribution in [1.29, 1.82) is 0 Å². The van der Waals surface area contributed by atoms with Crippen molar-refractivity contribution >= 4 is 11.0 Å². The number of nitrogens with one attached hydrogen (secondary N) is 2. The Hall–Kier alpha value is -1.39. The first-order valence-electron chi connectivity index (χ1n) is 7.45. The Morgan fingerprint density at radius 3 is 2.80 bits per heavy atom. The minimum atomic E-state index is 0.803. The van der Waals surface area contributed by atoms with Gasteiger partial charge in [-0.15, -0.1) is 0 Å². The predicted molar refractivity (Wildman–Crippen MR) is 83.3 cm³/mol. The monoisotopic (exact) mass is 275 g/mol. The summed E-state index contributed by atoms with van der Waals surface area (Å²) in [6, 6.07) is 4.33. The van der Waals surface area contributed by atoms with Crippen LogP contribution in [0.3, 0.4) is 0 Å². The van der Waals surface area contributed by atoms with Gasteiger partial charge in [0.1, 0.15) is 5.82 Å². The summed E-state index contributed by atoms with van der Waals surface area (Å²) in [4.78, 5) is 8.04. The molecule has 1 aromatic heterocycles. The molecule has 0 aliphatic carbocycles. The molecule has 20 heavy (non-hydrogen) atoms. The Morgan fingerprint density at radius 1 is 1.20 bits per heavy atom. The largest absolute Gasteiger partial charge is 0.382 e. The van der Waals surface area contributed by atoms with E-state index in [2.05, 4.69) is 41.3 Å². The van der Waals surface area contributed by atoms with Gasteiger partial charge < -0.3 is 15.0 Å². The van der Waals surface area contributed by atoms with Crippen LogP contribution < -0.4 is 5.32 Å². The second-order valence-electron chi connectivity index (χ2n) is 5.19. The number of hydrogen-bond acceptors (Lipinski definition) is 3. The van der Waals surface area contributed by atoms with Crippen LogP contribution in [-0.2, 0) is 11.2 Å². The number of H-pyrrole nitrogens is 1. The molecule has 0 aliphatic rings. The van der Waals surface area contributed by atoms with Crippen molar-refractivity contribution in [3.05, 3.63) is 29.1 Å². The molecule has 0 unspecified atom stereocenters. The van der Waals surface area contributed by atoms with E-state index in [0.717, 1.165) is 56.0 Å². The molecule has 2 aromatic rings. The molecule has 2 rings (SSSR count). The van der Waals surface area contributed by atoms with E-state index in [1.165, 1.54) is 11.1 Å². The van der Waals surface area contributed by atoms with E-state index in [4.69, 9.17) is 4.74 Å². The molecule has 0 saturated carbocycles. The summed E-state index contributed by atoms with van der Waals surface area (Å²) in [6.07, 6.45) is 1.99. The quantitative estimate of drug-likeness (QED) is 0.728. The second kappa shape index (κ2) is 7.41. The number of hydrogen-bond donors (Lipinski definition) is 2. The van der Waals surface area contributed by atoms with Crippen molar-refractivity contribution < 1.29 is 4.74 Å². The van der Waals surface area contributed by atoms with E-state index in [1.54, 1.807) is 0 Å². The van der Waals surface area contributed by atoms with Gasteiger partial charge in [0.05, 0.1) is 11.0 Å². The SMILES string of the molecule is CCOCCCNCCc1nc2cc(C)c(C)cc2[nH]1. The topological polar surface area (TPSA) is 49.9 Å². The maximum Gasteiger partial charge on any atom is 0.108 e. The molecule has 0 amide bonds. The maximum atomic E-state index is 5.30. The van der Waals surface area contributed by atoms with E-state index in [1.807, 2.05) is 6.92 Å². The van der Waals surface area contributed by atoms with Crippen molar-refractivity contribution in [2.45, 2.75) is 33.6 Å². The van der Waals surface area contributed by atoms with Crippen LogP contribution in [0.5, 0.6) is 0 Å². The molecular formula is C16H25N3O. The first kappa shape index (κ1) is 15.0. The first-order valence-corrected chi connectivity index (χ1v) is 7.45. The number of fused-ring (bicyclic) bond motifs is 1. The summed E-state index contributed by atoms with van der Waals surface area (Å²) >= 11 is 0. The molecule has 4 nitrogen and oxygen atoms in total. The summed E-state index contributed by atoms with van der Waals surface area (Å²) in [5.41, 5.74) is 4.81. The van der Waals surface area contributed by atoms with E-state index in [9.17, 15) is 0 Å². The summed E-state index contributed by atoms with van der Waals surface area (Å²) in [5.74, 6) is 1.06. The van der Waals surface area contributed by atoms with Crippen molar-refractivity contribution in [3.8, 4) is 0 Å². The molecule has 2 N–H and O–H groups in total. The number of aromatic nitrogens is 2. The van der Waals surface area contributed by atoms with Gasteiger partial charge in [0.25, 0.3) is 0 Å². The Bertz CT molecular complexity index is 509. The van der Waals surface area contributed by atoms with Gasteiger partial charge in [-0.2, -0.15) is 0 Å². The van der Waals surface area contributed by atoms with Crippen LogP contribution in [0.4, 0.5) is 0 Å². The molecule has 4 heteroatoms. The normalized spacial score (nSPS) is 11.3. The van der Waals surface area contributed by atoms with Crippen LogP contribution in [0.15, 0.2) is 12.1 Å². The Morgan fingerprint density at radius 2 is 2.00 bits per heavy atom. The molecule has 0 fully saturated rings. The molecule has 0 atom stereocenters. The van der Waals surface area contributed by atoms with E-state index >= 15 is 0 Å². The highest BCUT2D eigenvalue weighted by atomic mass is 16.5. The Kier molecular flexibility index (Phi) is 5.56. The third-order valence-electron chi connectivity index (χ3n) is 3.53. The molecular weight excluding hydrogens is 250 g/mol.